The van der Waals surface area contributed by atoms with Crippen molar-refractivity contribution in [3.63, 3.8) is 0 Å². The van der Waals surface area contributed by atoms with Gasteiger partial charge in [0.2, 0.25) is 0 Å². The van der Waals surface area contributed by atoms with Crippen LogP contribution in [-0.2, 0) is 5.41 Å². The molecule has 0 saturated carbocycles. The van der Waals surface area contributed by atoms with Crippen LogP contribution >= 0.6 is 0 Å². The third kappa shape index (κ3) is 3.48. The fraction of sp³-hybridized carbons (Fsp3) is 0.375. The topological polar surface area (TPSA) is 23.6 Å². The zero-order chi connectivity index (χ0) is 20.6. The molecule has 2 aliphatic rings. The number of aryl methyl sites for hydroxylation is 1. The molecule has 0 aliphatic carbocycles. The Labute approximate surface area is 170 Å². The van der Waals surface area contributed by atoms with Crippen LogP contribution in [0.2, 0.25) is 0 Å². The summed E-state index contributed by atoms with van der Waals surface area (Å²) in [6, 6.07) is 9.56. The van der Waals surface area contributed by atoms with Gasteiger partial charge in [-0.15, -0.1) is 6.58 Å². The van der Waals surface area contributed by atoms with E-state index in [-0.39, 0.29) is 5.41 Å². The van der Waals surface area contributed by atoms with E-state index >= 15 is 0 Å². The smallest absolute Gasteiger partial charge is 0.264 e. The van der Waals surface area contributed by atoms with E-state index in [0.717, 1.165) is 67.8 Å². The van der Waals surface area contributed by atoms with E-state index in [4.69, 9.17) is 0 Å². The van der Waals surface area contributed by atoms with Crippen molar-refractivity contribution < 1.29 is 13.6 Å². The minimum absolute atomic E-state index is 0.163. The maximum atomic E-state index is 14.3. The Hall–Kier alpha value is -2.53. The van der Waals surface area contributed by atoms with Crippen LogP contribution in [0.5, 0.6) is 0 Å². The van der Waals surface area contributed by atoms with Crippen molar-refractivity contribution in [1.82, 2.24) is 4.90 Å². The fourth-order valence-corrected chi connectivity index (χ4v) is 4.71. The molecule has 2 aromatic carbocycles. The Morgan fingerprint density at radius 1 is 1.17 bits per heavy atom. The summed E-state index contributed by atoms with van der Waals surface area (Å²) in [4.78, 5) is 17.2. The van der Waals surface area contributed by atoms with Crippen LogP contribution in [0, 0.1) is 18.6 Å². The SMILES string of the molecule is C=CCCN1CCC2(CC1)CN(C(=O)c1c(F)cccc1F)c1ccc(C)cc12. The summed E-state index contributed by atoms with van der Waals surface area (Å²) in [5.41, 5.74) is 2.40. The average Bonchev–Trinajstić information content (AvgIpc) is 3.01. The van der Waals surface area contributed by atoms with Gasteiger partial charge in [0.15, 0.2) is 0 Å². The summed E-state index contributed by atoms with van der Waals surface area (Å²) in [5, 5.41) is 0. The number of halogens is 2. The Bertz CT molecular complexity index is 928. The van der Waals surface area contributed by atoms with Crippen LogP contribution in [0.1, 0.15) is 40.7 Å². The molecule has 2 aromatic rings. The largest absolute Gasteiger partial charge is 0.307 e. The maximum Gasteiger partial charge on any atom is 0.264 e. The number of hydrogen-bond donors (Lipinski definition) is 0. The number of benzene rings is 2. The van der Waals surface area contributed by atoms with Gasteiger partial charge in [0.25, 0.3) is 5.91 Å². The maximum absolute atomic E-state index is 14.3. The third-order valence-corrected chi connectivity index (χ3v) is 6.36. The Balaban J connectivity index is 1.67. The molecule has 1 amide bonds. The molecule has 0 radical (unpaired) electrons. The predicted molar refractivity (Wildman–Crippen MR) is 111 cm³/mol. The lowest BCUT2D eigenvalue weighted by Gasteiger charge is -2.40. The van der Waals surface area contributed by atoms with Gasteiger partial charge in [-0.05, 0) is 63.0 Å². The molecule has 4 rings (SSSR count). The number of rotatable bonds is 4. The Morgan fingerprint density at radius 2 is 1.86 bits per heavy atom. The summed E-state index contributed by atoms with van der Waals surface area (Å²) in [7, 11) is 0. The Kier molecular flexibility index (Phi) is 5.26. The number of likely N-dealkylation sites (tertiary alicyclic amines) is 1. The lowest BCUT2D eigenvalue weighted by molar-refractivity contribution is 0.0968. The van der Waals surface area contributed by atoms with E-state index in [1.54, 1.807) is 4.90 Å². The minimum Gasteiger partial charge on any atom is -0.307 e. The second-order valence-corrected chi connectivity index (χ2v) is 8.21. The van der Waals surface area contributed by atoms with Crippen LogP contribution in [0.25, 0.3) is 0 Å². The monoisotopic (exact) mass is 396 g/mol. The molecule has 2 heterocycles. The standard InChI is InChI=1S/C24H26F2N2O/c1-3-4-12-27-13-10-24(11-14-27)16-28(21-9-8-17(2)15-18(21)24)23(29)22-19(25)6-5-7-20(22)26/h3,5-9,15H,1,4,10-14,16H2,2H3. The lowest BCUT2D eigenvalue weighted by Crippen LogP contribution is -2.46. The van der Waals surface area contributed by atoms with Gasteiger partial charge in [-0.2, -0.15) is 0 Å². The van der Waals surface area contributed by atoms with Crippen molar-refractivity contribution in [2.75, 3.05) is 31.1 Å². The number of piperidine rings is 1. The zero-order valence-corrected chi connectivity index (χ0v) is 16.8. The highest BCUT2D eigenvalue weighted by atomic mass is 19.1. The number of amides is 1. The molecule has 0 bridgehead atoms. The quantitative estimate of drug-likeness (QED) is 0.690. The van der Waals surface area contributed by atoms with Gasteiger partial charge in [-0.1, -0.05) is 29.8 Å². The van der Waals surface area contributed by atoms with E-state index in [1.165, 1.54) is 6.07 Å². The van der Waals surface area contributed by atoms with Gasteiger partial charge >= 0.3 is 0 Å². The molecule has 1 fully saturated rings. The number of hydrogen-bond acceptors (Lipinski definition) is 2. The molecule has 152 valence electrons. The summed E-state index contributed by atoms with van der Waals surface area (Å²) in [6.07, 6.45) is 4.73. The highest BCUT2D eigenvalue weighted by Gasteiger charge is 2.47. The molecular formula is C24H26F2N2O. The van der Waals surface area contributed by atoms with Crippen molar-refractivity contribution in [2.45, 2.75) is 31.6 Å². The number of nitrogens with zero attached hydrogens (tertiary/aromatic N) is 2. The van der Waals surface area contributed by atoms with Crippen molar-refractivity contribution >= 4 is 11.6 Å². The molecule has 0 aromatic heterocycles. The van der Waals surface area contributed by atoms with Crippen molar-refractivity contribution in [3.8, 4) is 0 Å². The first-order valence-electron chi connectivity index (χ1n) is 10.2. The molecule has 0 unspecified atom stereocenters. The van der Waals surface area contributed by atoms with Crippen molar-refractivity contribution in [3.05, 3.63) is 77.4 Å². The van der Waals surface area contributed by atoms with E-state index < -0.39 is 23.1 Å². The van der Waals surface area contributed by atoms with Crippen LogP contribution in [0.4, 0.5) is 14.5 Å². The molecule has 0 atom stereocenters. The van der Waals surface area contributed by atoms with Gasteiger partial charge in [0.05, 0.1) is 0 Å². The van der Waals surface area contributed by atoms with Gasteiger partial charge < -0.3 is 9.80 Å². The first kappa shape index (κ1) is 19.8. The first-order chi connectivity index (χ1) is 13.9. The molecule has 5 heteroatoms. The molecule has 1 saturated heterocycles. The number of carbonyl (C=O) groups excluding carboxylic acids is 1. The van der Waals surface area contributed by atoms with Gasteiger partial charge in [-0.25, -0.2) is 8.78 Å². The zero-order valence-electron chi connectivity index (χ0n) is 16.8. The third-order valence-electron chi connectivity index (χ3n) is 6.36. The second-order valence-electron chi connectivity index (χ2n) is 8.21. The van der Waals surface area contributed by atoms with Crippen LogP contribution < -0.4 is 4.90 Å². The molecule has 0 N–H and O–H groups in total. The van der Waals surface area contributed by atoms with Gasteiger partial charge in [-0.3, -0.25) is 4.79 Å². The normalized spacial score (nSPS) is 18.1. The molecule has 3 nitrogen and oxygen atoms in total. The Morgan fingerprint density at radius 3 is 2.52 bits per heavy atom. The molecular weight excluding hydrogens is 370 g/mol. The fourth-order valence-electron chi connectivity index (χ4n) is 4.71. The molecule has 2 aliphatic heterocycles. The summed E-state index contributed by atoms with van der Waals surface area (Å²) in [5.74, 6) is -2.23. The van der Waals surface area contributed by atoms with Gasteiger partial charge in [0, 0.05) is 24.2 Å². The summed E-state index contributed by atoms with van der Waals surface area (Å²) in [6.45, 7) is 9.17. The average molecular weight is 396 g/mol. The predicted octanol–water partition coefficient (Wildman–Crippen LogP) is 4.84. The van der Waals surface area contributed by atoms with Crippen LogP contribution in [0.3, 0.4) is 0 Å². The van der Waals surface area contributed by atoms with Gasteiger partial charge in [0.1, 0.15) is 17.2 Å². The number of anilines is 1. The summed E-state index contributed by atoms with van der Waals surface area (Å²) >= 11 is 0. The van der Waals surface area contributed by atoms with E-state index in [1.807, 2.05) is 25.1 Å². The second kappa shape index (κ2) is 7.71. The summed E-state index contributed by atoms with van der Waals surface area (Å²) < 4.78 is 28.6. The number of carbonyl (C=O) groups is 1. The van der Waals surface area contributed by atoms with E-state index in [2.05, 4.69) is 17.5 Å². The van der Waals surface area contributed by atoms with Crippen molar-refractivity contribution in [2.24, 2.45) is 0 Å². The minimum atomic E-state index is -0.816. The first-order valence-corrected chi connectivity index (χ1v) is 10.2. The highest BCUT2D eigenvalue weighted by Crippen LogP contribution is 2.48. The number of fused-ring (bicyclic) bond motifs is 2. The molecule has 29 heavy (non-hydrogen) atoms. The lowest BCUT2D eigenvalue weighted by atomic mass is 9.74. The van der Waals surface area contributed by atoms with Crippen molar-refractivity contribution in [1.29, 1.82) is 0 Å². The van der Waals surface area contributed by atoms with Crippen LogP contribution in [-0.4, -0.2) is 37.0 Å². The highest BCUT2D eigenvalue weighted by molar-refractivity contribution is 6.08. The van der Waals surface area contributed by atoms with E-state index in [9.17, 15) is 13.6 Å². The van der Waals surface area contributed by atoms with E-state index in [0.29, 0.717) is 6.54 Å². The molecule has 1 spiro atoms. The van der Waals surface area contributed by atoms with Crippen LogP contribution in [0.15, 0.2) is 49.1 Å².